The SMILES string of the molecule is CC(=NOC(=O)C(C)(C)C)c1cccc(Br)c1. The molecule has 0 aliphatic heterocycles. The van der Waals surface area contributed by atoms with Crippen molar-refractivity contribution in [2.75, 3.05) is 0 Å². The van der Waals surface area contributed by atoms with E-state index in [1.807, 2.05) is 24.3 Å². The molecule has 17 heavy (non-hydrogen) atoms. The van der Waals surface area contributed by atoms with Crippen LogP contribution in [0.15, 0.2) is 33.9 Å². The summed E-state index contributed by atoms with van der Waals surface area (Å²) in [7, 11) is 0. The van der Waals surface area contributed by atoms with Crippen LogP contribution in [0, 0.1) is 5.41 Å². The summed E-state index contributed by atoms with van der Waals surface area (Å²) in [6.07, 6.45) is 0. The molecular weight excluding hydrogens is 282 g/mol. The highest BCUT2D eigenvalue weighted by molar-refractivity contribution is 9.10. The van der Waals surface area contributed by atoms with E-state index in [0.717, 1.165) is 10.0 Å². The van der Waals surface area contributed by atoms with Gasteiger partial charge < -0.3 is 4.84 Å². The monoisotopic (exact) mass is 297 g/mol. The first-order valence-electron chi connectivity index (χ1n) is 5.32. The quantitative estimate of drug-likeness (QED) is 0.473. The Morgan fingerprint density at radius 2 is 2.00 bits per heavy atom. The van der Waals surface area contributed by atoms with Crippen molar-refractivity contribution in [2.24, 2.45) is 10.6 Å². The van der Waals surface area contributed by atoms with Crippen molar-refractivity contribution in [3.8, 4) is 0 Å². The lowest BCUT2D eigenvalue weighted by Gasteiger charge is -2.13. The van der Waals surface area contributed by atoms with Crippen molar-refractivity contribution in [3.63, 3.8) is 0 Å². The smallest absolute Gasteiger partial charge is 0.317 e. The molecule has 0 atom stereocenters. The van der Waals surface area contributed by atoms with Crippen LogP contribution in [0.2, 0.25) is 0 Å². The molecule has 1 aromatic rings. The molecule has 0 unspecified atom stereocenters. The molecule has 0 aliphatic carbocycles. The van der Waals surface area contributed by atoms with E-state index < -0.39 is 5.41 Å². The summed E-state index contributed by atoms with van der Waals surface area (Å²) in [4.78, 5) is 16.4. The maximum Gasteiger partial charge on any atom is 0.340 e. The van der Waals surface area contributed by atoms with Gasteiger partial charge >= 0.3 is 5.97 Å². The fourth-order valence-electron chi connectivity index (χ4n) is 1.01. The summed E-state index contributed by atoms with van der Waals surface area (Å²) in [5.41, 5.74) is 1.05. The molecule has 0 aliphatic rings. The van der Waals surface area contributed by atoms with E-state index in [9.17, 15) is 4.79 Å². The van der Waals surface area contributed by atoms with Crippen molar-refractivity contribution in [1.82, 2.24) is 0 Å². The number of oxime groups is 1. The van der Waals surface area contributed by atoms with Crippen molar-refractivity contribution in [2.45, 2.75) is 27.7 Å². The van der Waals surface area contributed by atoms with E-state index >= 15 is 0 Å². The fraction of sp³-hybridized carbons (Fsp3) is 0.385. The van der Waals surface area contributed by atoms with Gasteiger partial charge in [-0.05, 0) is 39.8 Å². The molecule has 0 bridgehead atoms. The molecule has 0 saturated heterocycles. The Bertz CT molecular complexity index is 447. The summed E-state index contributed by atoms with van der Waals surface area (Å²) >= 11 is 3.38. The van der Waals surface area contributed by atoms with Crippen molar-refractivity contribution in [1.29, 1.82) is 0 Å². The molecule has 0 saturated carbocycles. The predicted molar refractivity (Wildman–Crippen MR) is 71.9 cm³/mol. The zero-order valence-corrected chi connectivity index (χ0v) is 12.0. The number of hydrogen-bond donors (Lipinski definition) is 0. The van der Waals surface area contributed by atoms with E-state index in [1.165, 1.54) is 0 Å². The van der Waals surface area contributed by atoms with Crippen LogP contribution < -0.4 is 0 Å². The second-order valence-electron chi connectivity index (χ2n) is 4.82. The summed E-state index contributed by atoms with van der Waals surface area (Å²) in [5.74, 6) is -0.341. The molecule has 3 nitrogen and oxygen atoms in total. The Hall–Kier alpha value is -1.16. The first kappa shape index (κ1) is 13.9. The molecule has 1 rings (SSSR count). The van der Waals surface area contributed by atoms with E-state index in [1.54, 1.807) is 27.7 Å². The summed E-state index contributed by atoms with van der Waals surface area (Å²) in [6, 6.07) is 7.67. The van der Waals surface area contributed by atoms with Gasteiger partial charge in [0.15, 0.2) is 0 Å². The van der Waals surface area contributed by atoms with Crippen LogP contribution in [0.3, 0.4) is 0 Å². The Balaban J connectivity index is 2.77. The van der Waals surface area contributed by atoms with Crippen molar-refractivity contribution < 1.29 is 9.63 Å². The molecule has 0 heterocycles. The van der Waals surface area contributed by atoms with E-state index in [4.69, 9.17) is 4.84 Å². The van der Waals surface area contributed by atoms with Gasteiger partial charge in [0.25, 0.3) is 0 Å². The maximum absolute atomic E-state index is 11.5. The number of carbonyl (C=O) groups is 1. The molecule has 0 amide bonds. The van der Waals surface area contributed by atoms with Gasteiger partial charge in [0, 0.05) is 10.0 Å². The first-order valence-corrected chi connectivity index (χ1v) is 6.12. The molecule has 92 valence electrons. The molecule has 0 spiro atoms. The molecule has 0 N–H and O–H groups in total. The van der Waals surface area contributed by atoms with Gasteiger partial charge in [0.1, 0.15) is 0 Å². The number of nitrogens with zero attached hydrogens (tertiary/aromatic N) is 1. The molecule has 0 fully saturated rings. The van der Waals surface area contributed by atoms with Gasteiger partial charge in [-0.2, -0.15) is 0 Å². The molecular formula is C13H16BrNO2. The normalized spacial score (nSPS) is 12.4. The van der Waals surface area contributed by atoms with Crippen LogP contribution in [0.25, 0.3) is 0 Å². The fourth-order valence-corrected chi connectivity index (χ4v) is 1.41. The van der Waals surface area contributed by atoms with Gasteiger partial charge in [-0.25, -0.2) is 4.79 Å². The zero-order valence-electron chi connectivity index (χ0n) is 10.5. The summed E-state index contributed by atoms with van der Waals surface area (Å²) in [6.45, 7) is 7.18. The Kier molecular flexibility index (Phi) is 4.46. The Morgan fingerprint density at radius 3 is 2.53 bits per heavy atom. The largest absolute Gasteiger partial charge is 0.340 e. The lowest BCUT2D eigenvalue weighted by molar-refractivity contribution is -0.152. The third-order valence-corrected chi connectivity index (χ3v) is 2.61. The topological polar surface area (TPSA) is 38.7 Å². The lowest BCUT2D eigenvalue weighted by Crippen LogP contribution is -2.21. The van der Waals surface area contributed by atoms with E-state index in [-0.39, 0.29) is 5.97 Å². The maximum atomic E-state index is 11.5. The third-order valence-electron chi connectivity index (χ3n) is 2.12. The van der Waals surface area contributed by atoms with Gasteiger partial charge in [-0.1, -0.05) is 33.2 Å². The molecule has 0 radical (unpaired) electrons. The highest BCUT2D eigenvalue weighted by atomic mass is 79.9. The standard InChI is InChI=1S/C13H16BrNO2/c1-9(10-6-5-7-11(14)8-10)15-17-12(16)13(2,3)4/h5-8H,1-4H3. The summed E-state index contributed by atoms with van der Waals surface area (Å²) < 4.78 is 0.965. The van der Waals surface area contributed by atoms with Gasteiger partial charge in [-0.15, -0.1) is 0 Å². The van der Waals surface area contributed by atoms with Crippen molar-refractivity contribution in [3.05, 3.63) is 34.3 Å². The van der Waals surface area contributed by atoms with E-state index in [2.05, 4.69) is 21.1 Å². The van der Waals surface area contributed by atoms with Gasteiger partial charge in [0.2, 0.25) is 0 Å². The molecule has 4 heteroatoms. The van der Waals surface area contributed by atoms with E-state index in [0.29, 0.717) is 5.71 Å². The van der Waals surface area contributed by atoms with Crippen molar-refractivity contribution >= 4 is 27.6 Å². The third kappa shape index (κ3) is 4.30. The average Bonchev–Trinajstić information content (AvgIpc) is 2.24. The molecule has 0 aromatic heterocycles. The van der Waals surface area contributed by atoms with Gasteiger partial charge in [-0.3, -0.25) is 0 Å². The van der Waals surface area contributed by atoms with Crippen LogP contribution in [-0.2, 0) is 9.63 Å². The second-order valence-corrected chi connectivity index (χ2v) is 5.73. The second kappa shape index (κ2) is 5.45. The van der Waals surface area contributed by atoms with Crippen LogP contribution >= 0.6 is 15.9 Å². The van der Waals surface area contributed by atoms with Crippen LogP contribution in [0.4, 0.5) is 0 Å². The number of rotatable bonds is 2. The number of hydrogen-bond acceptors (Lipinski definition) is 3. The number of benzene rings is 1. The Labute approximate surface area is 110 Å². The average molecular weight is 298 g/mol. The number of carbonyl (C=O) groups excluding carboxylic acids is 1. The Morgan fingerprint density at radius 1 is 1.35 bits per heavy atom. The van der Waals surface area contributed by atoms with Crippen LogP contribution in [0.1, 0.15) is 33.3 Å². The highest BCUT2D eigenvalue weighted by Gasteiger charge is 2.23. The molecule has 1 aromatic carbocycles. The minimum atomic E-state index is -0.541. The highest BCUT2D eigenvalue weighted by Crippen LogP contribution is 2.16. The summed E-state index contributed by atoms with van der Waals surface area (Å²) in [5, 5.41) is 3.85. The first-order chi connectivity index (χ1) is 7.80. The predicted octanol–water partition coefficient (Wildman–Crippen LogP) is 3.76. The number of halogens is 1. The minimum Gasteiger partial charge on any atom is -0.317 e. The van der Waals surface area contributed by atoms with Crippen LogP contribution in [-0.4, -0.2) is 11.7 Å². The lowest BCUT2D eigenvalue weighted by atomic mass is 9.98. The zero-order chi connectivity index (χ0) is 13.1. The van der Waals surface area contributed by atoms with Gasteiger partial charge in [0.05, 0.1) is 11.1 Å². The van der Waals surface area contributed by atoms with Crippen LogP contribution in [0.5, 0.6) is 0 Å². The minimum absolute atomic E-state index is 0.341.